The minimum Gasteiger partial charge on any atom is -0.496 e. The van der Waals surface area contributed by atoms with Gasteiger partial charge in [0.25, 0.3) is 0 Å². The molecule has 1 N–H and O–H groups in total. The molecule has 0 amide bonds. The molecule has 29 heavy (non-hydrogen) atoms. The summed E-state index contributed by atoms with van der Waals surface area (Å²) in [5.74, 6) is 1.35. The molecule has 0 unspecified atom stereocenters. The number of anilines is 1. The number of methoxy groups -OCH3 is 1. The Morgan fingerprint density at radius 1 is 1.28 bits per heavy atom. The number of thiazole rings is 1. The van der Waals surface area contributed by atoms with Gasteiger partial charge in [0.15, 0.2) is 10.9 Å². The molecule has 2 heterocycles. The quantitative estimate of drug-likeness (QED) is 0.648. The summed E-state index contributed by atoms with van der Waals surface area (Å²) in [4.78, 5) is 20.2. The number of carbonyl (C=O) groups is 1. The Labute approximate surface area is 174 Å². The Hall–Kier alpha value is -2.44. The zero-order valence-corrected chi connectivity index (χ0v) is 17.4. The molecule has 1 saturated heterocycles. The van der Waals surface area contributed by atoms with Crippen LogP contribution in [0.3, 0.4) is 0 Å². The number of carbonyl (C=O) groups excluding carboxylic acids is 1. The van der Waals surface area contributed by atoms with E-state index in [0.717, 1.165) is 65.7 Å². The molecule has 150 valence electrons. The van der Waals surface area contributed by atoms with E-state index < -0.39 is 0 Å². The number of aryl methyl sites for hydroxylation is 1. The molecule has 0 spiro atoms. The minimum atomic E-state index is 0.202. The van der Waals surface area contributed by atoms with E-state index in [0.29, 0.717) is 6.42 Å². The predicted molar refractivity (Wildman–Crippen MR) is 118 cm³/mol. The fraction of sp³-hybridized carbons (Fsp3) is 0.391. The van der Waals surface area contributed by atoms with Gasteiger partial charge in [0.05, 0.1) is 17.3 Å². The van der Waals surface area contributed by atoms with Crippen molar-refractivity contribution in [3.63, 3.8) is 0 Å². The van der Waals surface area contributed by atoms with Crippen molar-refractivity contribution in [3.05, 3.63) is 53.1 Å². The van der Waals surface area contributed by atoms with Gasteiger partial charge in [-0.15, -0.1) is 0 Å². The van der Waals surface area contributed by atoms with E-state index in [4.69, 9.17) is 9.72 Å². The zero-order valence-electron chi connectivity index (χ0n) is 16.6. The Morgan fingerprint density at radius 2 is 2.14 bits per heavy atom. The van der Waals surface area contributed by atoms with Crippen LogP contribution in [0.1, 0.15) is 40.2 Å². The van der Waals surface area contributed by atoms with Crippen LogP contribution < -0.4 is 15.0 Å². The van der Waals surface area contributed by atoms with Crippen LogP contribution in [0.4, 0.5) is 5.13 Å². The maximum Gasteiger partial charge on any atom is 0.186 e. The van der Waals surface area contributed by atoms with Gasteiger partial charge in [-0.1, -0.05) is 23.5 Å². The molecule has 5 nitrogen and oxygen atoms in total. The fourth-order valence-electron chi connectivity index (χ4n) is 4.55. The third kappa shape index (κ3) is 3.51. The average Bonchev–Trinajstić information content (AvgIpc) is 3.38. The van der Waals surface area contributed by atoms with Crippen LogP contribution in [-0.2, 0) is 6.42 Å². The summed E-state index contributed by atoms with van der Waals surface area (Å²) in [6.45, 7) is 3.95. The van der Waals surface area contributed by atoms with Gasteiger partial charge in [0, 0.05) is 43.7 Å². The molecule has 0 radical (unpaired) electrons. The van der Waals surface area contributed by atoms with Gasteiger partial charge in [0.1, 0.15) is 5.75 Å². The van der Waals surface area contributed by atoms with Crippen molar-refractivity contribution in [1.29, 1.82) is 0 Å². The second-order valence-electron chi connectivity index (χ2n) is 7.81. The average molecular weight is 408 g/mol. The molecule has 1 aliphatic heterocycles. The number of rotatable bonds is 5. The van der Waals surface area contributed by atoms with Gasteiger partial charge in [0.2, 0.25) is 0 Å². The van der Waals surface area contributed by atoms with Crippen molar-refractivity contribution in [2.45, 2.75) is 25.2 Å². The third-order valence-corrected chi connectivity index (χ3v) is 7.14. The highest BCUT2D eigenvalue weighted by Gasteiger charge is 2.28. The number of ketones is 1. The van der Waals surface area contributed by atoms with Gasteiger partial charge in [-0.2, -0.15) is 0 Å². The van der Waals surface area contributed by atoms with E-state index in [9.17, 15) is 4.79 Å². The van der Waals surface area contributed by atoms with Crippen LogP contribution in [-0.4, -0.2) is 44.1 Å². The summed E-state index contributed by atoms with van der Waals surface area (Å²) in [7, 11) is 1.71. The Kier molecular flexibility index (Phi) is 4.97. The number of piperazine rings is 1. The molecule has 5 rings (SSSR count). The third-order valence-electron chi connectivity index (χ3n) is 6.07. The number of fused-ring (bicyclic) bond motifs is 2. The number of hydrogen-bond donors (Lipinski definition) is 1. The van der Waals surface area contributed by atoms with Gasteiger partial charge in [-0.3, -0.25) is 4.79 Å². The molecule has 1 aliphatic carbocycles. The maximum absolute atomic E-state index is 13.1. The SMILES string of the molecule is COc1cccc2c1[C@@H](CC(=O)c1ccc3nc(N4CCNCC4)sc3c1)CC2. The van der Waals surface area contributed by atoms with Gasteiger partial charge < -0.3 is 15.0 Å². The Morgan fingerprint density at radius 3 is 2.97 bits per heavy atom. The van der Waals surface area contributed by atoms with Crippen LogP contribution in [0, 0.1) is 0 Å². The summed E-state index contributed by atoms with van der Waals surface area (Å²) < 4.78 is 6.66. The van der Waals surface area contributed by atoms with E-state index >= 15 is 0 Å². The smallest absolute Gasteiger partial charge is 0.186 e. The molecule has 1 aromatic heterocycles. The number of nitrogens with one attached hydrogen (secondary N) is 1. The summed E-state index contributed by atoms with van der Waals surface area (Å²) in [6, 6.07) is 12.2. The Bertz CT molecular complexity index is 1060. The number of aromatic nitrogens is 1. The van der Waals surface area contributed by atoms with Crippen molar-refractivity contribution < 1.29 is 9.53 Å². The fourth-order valence-corrected chi connectivity index (χ4v) is 5.60. The lowest BCUT2D eigenvalue weighted by molar-refractivity contribution is 0.0973. The monoisotopic (exact) mass is 407 g/mol. The van der Waals surface area contributed by atoms with E-state index in [2.05, 4.69) is 16.3 Å². The highest BCUT2D eigenvalue weighted by molar-refractivity contribution is 7.22. The van der Waals surface area contributed by atoms with Crippen LogP contribution in [0.5, 0.6) is 5.75 Å². The summed E-state index contributed by atoms with van der Waals surface area (Å²) >= 11 is 1.69. The minimum absolute atomic E-state index is 0.202. The van der Waals surface area contributed by atoms with Crippen molar-refractivity contribution in [2.75, 3.05) is 38.2 Å². The van der Waals surface area contributed by atoms with Crippen molar-refractivity contribution >= 4 is 32.5 Å². The standard InChI is InChI=1S/C23H25N3O2S/c1-28-20-4-2-3-15-5-6-17(22(15)20)13-19(27)16-7-8-18-21(14-16)29-23(25-18)26-11-9-24-10-12-26/h2-4,7-8,14,17,24H,5-6,9-13H2,1H3/t17-/m1/s1. The van der Waals surface area contributed by atoms with E-state index in [1.165, 1.54) is 11.1 Å². The molecule has 2 aromatic carbocycles. The van der Waals surface area contributed by atoms with Gasteiger partial charge >= 0.3 is 0 Å². The van der Waals surface area contributed by atoms with Crippen LogP contribution in [0.2, 0.25) is 0 Å². The first kappa shape index (κ1) is 18.6. The number of nitrogens with zero attached hydrogens (tertiary/aromatic N) is 2. The molecular weight excluding hydrogens is 382 g/mol. The summed E-state index contributed by atoms with van der Waals surface area (Å²) in [5, 5.41) is 4.43. The first-order valence-electron chi connectivity index (χ1n) is 10.3. The number of Topliss-reactive ketones (excluding diaryl/α,β-unsaturated/α-hetero) is 1. The largest absolute Gasteiger partial charge is 0.496 e. The lowest BCUT2D eigenvalue weighted by atomic mass is 9.92. The molecule has 1 fully saturated rings. The maximum atomic E-state index is 13.1. The highest BCUT2D eigenvalue weighted by Crippen LogP contribution is 2.42. The van der Waals surface area contributed by atoms with E-state index in [1.54, 1.807) is 18.4 Å². The Balaban J connectivity index is 1.37. The van der Waals surface area contributed by atoms with Crippen molar-refractivity contribution in [1.82, 2.24) is 10.3 Å². The lowest BCUT2D eigenvalue weighted by Gasteiger charge is -2.26. The summed E-state index contributed by atoms with van der Waals surface area (Å²) in [5.41, 5.74) is 4.31. The lowest BCUT2D eigenvalue weighted by Crippen LogP contribution is -2.43. The second-order valence-corrected chi connectivity index (χ2v) is 8.82. The van der Waals surface area contributed by atoms with Gasteiger partial charge in [-0.25, -0.2) is 4.98 Å². The molecule has 0 bridgehead atoms. The topological polar surface area (TPSA) is 54.5 Å². The van der Waals surface area contributed by atoms with Gasteiger partial charge in [-0.05, 0) is 48.6 Å². The highest BCUT2D eigenvalue weighted by atomic mass is 32.1. The first-order chi connectivity index (χ1) is 14.2. The van der Waals surface area contributed by atoms with Crippen LogP contribution in [0.15, 0.2) is 36.4 Å². The molecular formula is C23H25N3O2S. The first-order valence-corrected chi connectivity index (χ1v) is 11.1. The van der Waals surface area contributed by atoms with Crippen molar-refractivity contribution in [3.8, 4) is 5.75 Å². The normalized spacial score (nSPS) is 18.8. The summed E-state index contributed by atoms with van der Waals surface area (Å²) in [6.07, 6.45) is 2.56. The molecule has 3 aromatic rings. The number of hydrogen-bond acceptors (Lipinski definition) is 6. The van der Waals surface area contributed by atoms with Crippen LogP contribution in [0.25, 0.3) is 10.2 Å². The number of benzene rings is 2. The second kappa shape index (κ2) is 7.76. The predicted octanol–water partition coefficient (Wildman–Crippen LogP) is 4.02. The molecule has 6 heteroatoms. The number of ether oxygens (including phenoxy) is 1. The van der Waals surface area contributed by atoms with E-state index in [1.807, 2.05) is 30.3 Å². The molecule has 0 saturated carbocycles. The molecule has 1 atom stereocenters. The zero-order chi connectivity index (χ0) is 19.8. The van der Waals surface area contributed by atoms with Crippen LogP contribution >= 0.6 is 11.3 Å². The van der Waals surface area contributed by atoms with E-state index in [-0.39, 0.29) is 11.7 Å². The van der Waals surface area contributed by atoms with Crippen molar-refractivity contribution in [2.24, 2.45) is 0 Å². The molecule has 2 aliphatic rings.